The Morgan fingerprint density at radius 2 is 1.91 bits per heavy atom. The minimum Gasteiger partial charge on any atom is -0.507 e. The van der Waals surface area contributed by atoms with Crippen LogP contribution >= 0.6 is 22.9 Å². The van der Waals surface area contributed by atoms with Crippen LogP contribution in [-0.4, -0.2) is 21.8 Å². The smallest absolute Gasteiger partial charge is 0.302 e. The molecule has 3 heterocycles. The van der Waals surface area contributed by atoms with Crippen LogP contribution in [0.25, 0.3) is 16.0 Å². The lowest BCUT2D eigenvalue weighted by Crippen LogP contribution is -2.29. The fourth-order valence-corrected chi connectivity index (χ4v) is 4.92. The van der Waals surface area contributed by atoms with E-state index in [0.29, 0.717) is 22.1 Å². The third kappa shape index (κ3) is 3.28. The SMILES string of the molecule is Cc1ccc(C2C(=C(O)c3ccc(F)cc3)C(=O)C(=O)N2c2nc3ccc(Cl)cc3s2)o1. The Morgan fingerprint density at radius 1 is 1.16 bits per heavy atom. The predicted octanol–water partition coefficient (Wildman–Crippen LogP) is 5.62. The molecule has 1 aliphatic heterocycles. The molecule has 32 heavy (non-hydrogen) atoms. The number of carbonyl (C=O) groups excluding carboxylic acids is 2. The van der Waals surface area contributed by atoms with E-state index in [9.17, 15) is 19.1 Å². The molecular weight excluding hydrogens is 455 g/mol. The van der Waals surface area contributed by atoms with Gasteiger partial charge in [0.25, 0.3) is 5.78 Å². The number of thiazole rings is 1. The Hall–Kier alpha value is -3.49. The van der Waals surface area contributed by atoms with E-state index in [1.165, 1.54) is 28.4 Å². The summed E-state index contributed by atoms with van der Waals surface area (Å²) in [5, 5.41) is 11.7. The summed E-state index contributed by atoms with van der Waals surface area (Å²) in [5.74, 6) is -1.78. The Labute approximate surface area is 190 Å². The van der Waals surface area contributed by atoms with E-state index >= 15 is 0 Å². The summed E-state index contributed by atoms with van der Waals surface area (Å²) < 4.78 is 19.9. The molecule has 1 atom stereocenters. The van der Waals surface area contributed by atoms with Crippen molar-refractivity contribution in [2.75, 3.05) is 4.90 Å². The zero-order chi connectivity index (χ0) is 22.6. The van der Waals surface area contributed by atoms with Crippen LogP contribution in [0.2, 0.25) is 5.02 Å². The molecule has 0 saturated carbocycles. The molecule has 0 spiro atoms. The Bertz CT molecular complexity index is 1420. The van der Waals surface area contributed by atoms with Gasteiger partial charge in [0, 0.05) is 10.6 Å². The fourth-order valence-electron chi connectivity index (χ4n) is 3.65. The van der Waals surface area contributed by atoms with Gasteiger partial charge in [0.2, 0.25) is 0 Å². The summed E-state index contributed by atoms with van der Waals surface area (Å²) in [6, 6.07) is 12.4. The van der Waals surface area contributed by atoms with Gasteiger partial charge in [-0.05, 0) is 61.5 Å². The summed E-state index contributed by atoms with van der Waals surface area (Å²) in [5.41, 5.74) is 0.659. The van der Waals surface area contributed by atoms with Gasteiger partial charge >= 0.3 is 5.91 Å². The first-order valence-electron chi connectivity index (χ1n) is 9.53. The van der Waals surface area contributed by atoms with Crippen molar-refractivity contribution in [1.82, 2.24) is 4.98 Å². The number of halogens is 2. The zero-order valence-electron chi connectivity index (χ0n) is 16.5. The number of hydrogen-bond acceptors (Lipinski definition) is 6. The summed E-state index contributed by atoms with van der Waals surface area (Å²) in [6.07, 6.45) is 0. The summed E-state index contributed by atoms with van der Waals surface area (Å²) in [6.45, 7) is 1.73. The number of ketones is 1. The number of aromatic nitrogens is 1. The highest BCUT2D eigenvalue weighted by Gasteiger charge is 2.49. The maximum absolute atomic E-state index is 13.4. The first-order valence-corrected chi connectivity index (χ1v) is 10.7. The topological polar surface area (TPSA) is 83.6 Å². The van der Waals surface area contributed by atoms with Crippen LogP contribution in [0.4, 0.5) is 9.52 Å². The molecule has 160 valence electrons. The molecule has 6 nitrogen and oxygen atoms in total. The molecule has 0 bridgehead atoms. The number of benzene rings is 2. The number of aliphatic hydroxyl groups excluding tert-OH is 1. The highest BCUT2D eigenvalue weighted by molar-refractivity contribution is 7.22. The standard InChI is InChI=1S/C23H14ClFN2O4S/c1-11-2-9-16(31-11)19-18(20(28)12-3-6-14(25)7-4-12)21(29)22(30)27(19)23-26-15-8-5-13(24)10-17(15)32-23/h2-10,19,28H,1H3. The maximum atomic E-state index is 13.4. The average molecular weight is 469 g/mol. The van der Waals surface area contributed by atoms with E-state index in [1.54, 1.807) is 37.3 Å². The number of fused-ring (bicyclic) bond motifs is 1. The zero-order valence-corrected chi connectivity index (χ0v) is 18.1. The fraction of sp³-hybridized carbons (Fsp3) is 0.0870. The van der Waals surface area contributed by atoms with Gasteiger partial charge in [0.05, 0.1) is 15.8 Å². The van der Waals surface area contributed by atoms with Crippen molar-refractivity contribution >= 4 is 55.7 Å². The minimum atomic E-state index is -1.04. The molecule has 0 aliphatic carbocycles. The van der Waals surface area contributed by atoms with Gasteiger partial charge in [0.1, 0.15) is 29.1 Å². The van der Waals surface area contributed by atoms with Crippen LogP contribution < -0.4 is 4.90 Å². The van der Waals surface area contributed by atoms with Gasteiger partial charge in [-0.3, -0.25) is 14.5 Å². The lowest BCUT2D eigenvalue weighted by Gasteiger charge is -2.20. The number of anilines is 1. The number of amides is 1. The quantitative estimate of drug-likeness (QED) is 0.240. The number of rotatable bonds is 3. The van der Waals surface area contributed by atoms with Gasteiger partial charge in [0.15, 0.2) is 5.13 Å². The van der Waals surface area contributed by atoms with E-state index in [1.807, 2.05) is 0 Å². The van der Waals surface area contributed by atoms with Crippen LogP contribution in [0.3, 0.4) is 0 Å². The van der Waals surface area contributed by atoms with E-state index in [4.69, 9.17) is 16.0 Å². The average Bonchev–Trinajstić information content (AvgIpc) is 3.44. The number of carbonyl (C=O) groups is 2. The molecule has 1 aliphatic rings. The van der Waals surface area contributed by atoms with E-state index in [0.717, 1.165) is 16.8 Å². The summed E-state index contributed by atoms with van der Waals surface area (Å²) in [7, 11) is 0. The van der Waals surface area contributed by atoms with E-state index < -0.39 is 29.3 Å². The van der Waals surface area contributed by atoms with Crippen molar-refractivity contribution in [2.24, 2.45) is 0 Å². The Balaban J connectivity index is 1.72. The second-order valence-electron chi connectivity index (χ2n) is 7.23. The monoisotopic (exact) mass is 468 g/mol. The molecule has 1 saturated heterocycles. The third-order valence-corrected chi connectivity index (χ3v) is 6.39. The van der Waals surface area contributed by atoms with Gasteiger partial charge < -0.3 is 9.52 Å². The second-order valence-corrected chi connectivity index (χ2v) is 8.68. The molecule has 1 N–H and O–H groups in total. The van der Waals surface area contributed by atoms with Crippen molar-refractivity contribution in [3.8, 4) is 0 Å². The second kappa shape index (κ2) is 7.58. The maximum Gasteiger partial charge on any atom is 0.302 e. The molecule has 0 radical (unpaired) electrons. The lowest BCUT2D eigenvalue weighted by molar-refractivity contribution is -0.132. The van der Waals surface area contributed by atoms with E-state index in [2.05, 4.69) is 4.98 Å². The first kappa shape index (κ1) is 20.4. The molecule has 2 aromatic heterocycles. The number of aryl methyl sites for hydroxylation is 1. The van der Waals surface area contributed by atoms with Crippen molar-refractivity contribution < 1.29 is 23.5 Å². The Morgan fingerprint density at radius 3 is 2.59 bits per heavy atom. The van der Waals surface area contributed by atoms with Crippen LogP contribution in [0, 0.1) is 12.7 Å². The Kier molecular flexibility index (Phi) is 4.83. The van der Waals surface area contributed by atoms with Gasteiger partial charge in [-0.15, -0.1) is 0 Å². The molecule has 5 rings (SSSR count). The molecule has 9 heteroatoms. The van der Waals surface area contributed by atoms with Crippen LogP contribution in [-0.2, 0) is 9.59 Å². The van der Waals surface area contributed by atoms with Crippen molar-refractivity contribution in [1.29, 1.82) is 0 Å². The molecule has 1 amide bonds. The molecular formula is C23H14ClFN2O4S. The minimum absolute atomic E-state index is 0.159. The number of Topliss-reactive ketones (excluding diaryl/α,β-unsaturated/α-hetero) is 1. The van der Waals surface area contributed by atoms with E-state index in [-0.39, 0.29) is 16.3 Å². The normalized spacial score (nSPS) is 18.1. The predicted molar refractivity (Wildman–Crippen MR) is 119 cm³/mol. The number of aliphatic hydroxyl groups is 1. The van der Waals surface area contributed by atoms with Crippen molar-refractivity contribution in [2.45, 2.75) is 13.0 Å². The lowest BCUT2D eigenvalue weighted by atomic mass is 9.99. The first-order chi connectivity index (χ1) is 15.3. The van der Waals surface area contributed by atoms with Crippen molar-refractivity contribution in [3.63, 3.8) is 0 Å². The summed E-state index contributed by atoms with van der Waals surface area (Å²) >= 11 is 7.27. The largest absolute Gasteiger partial charge is 0.507 e. The highest BCUT2D eigenvalue weighted by atomic mass is 35.5. The highest BCUT2D eigenvalue weighted by Crippen LogP contribution is 2.44. The number of furan rings is 1. The molecule has 1 fully saturated rings. The third-order valence-electron chi connectivity index (χ3n) is 5.14. The van der Waals surface area contributed by atoms with Gasteiger partial charge in [-0.2, -0.15) is 0 Å². The van der Waals surface area contributed by atoms with Crippen LogP contribution in [0.15, 0.2) is 64.6 Å². The molecule has 2 aromatic carbocycles. The number of hydrogen-bond donors (Lipinski definition) is 1. The molecule has 4 aromatic rings. The van der Waals surface area contributed by atoms with Crippen LogP contribution in [0.1, 0.15) is 23.1 Å². The van der Waals surface area contributed by atoms with Gasteiger partial charge in [-0.25, -0.2) is 9.37 Å². The molecule has 1 unspecified atom stereocenters. The van der Waals surface area contributed by atoms with Gasteiger partial charge in [-0.1, -0.05) is 22.9 Å². The number of nitrogens with zero attached hydrogens (tertiary/aromatic N) is 2. The van der Waals surface area contributed by atoms with Crippen LogP contribution in [0.5, 0.6) is 0 Å². The summed E-state index contributed by atoms with van der Waals surface area (Å²) in [4.78, 5) is 31.9. The van der Waals surface area contributed by atoms with Crippen molar-refractivity contribution in [3.05, 3.63) is 88.1 Å².